The highest BCUT2D eigenvalue weighted by molar-refractivity contribution is 9.10. The fourth-order valence-corrected chi connectivity index (χ4v) is 2.01. The summed E-state index contributed by atoms with van der Waals surface area (Å²) in [5.41, 5.74) is 0. The van der Waals surface area contributed by atoms with Crippen molar-refractivity contribution in [3.05, 3.63) is 16.6 Å². The summed E-state index contributed by atoms with van der Waals surface area (Å²) < 4.78 is 38.0. The molecule has 0 bridgehead atoms. The largest absolute Gasteiger partial charge is 0.495 e. The molecule has 0 aliphatic heterocycles. The van der Waals surface area contributed by atoms with Crippen LogP contribution in [0.4, 0.5) is 0 Å². The third-order valence-electron chi connectivity index (χ3n) is 1.86. The van der Waals surface area contributed by atoms with E-state index in [1.165, 1.54) is 14.2 Å². The van der Waals surface area contributed by atoms with E-state index in [1.807, 2.05) is 0 Å². The topological polar surface area (TPSA) is 61.8 Å². The van der Waals surface area contributed by atoms with Gasteiger partial charge in [0.15, 0.2) is 15.8 Å². The summed E-state index contributed by atoms with van der Waals surface area (Å²) in [5, 5.41) is 0. The van der Waals surface area contributed by atoms with Crippen molar-refractivity contribution in [2.75, 3.05) is 26.4 Å². The molecule has 0 spiro atoms. The van der Waals surface area contributed by atoms with E-state index in [0.717, 1.165) is 6.26 Å². The van der Waals surface area contributed by atoms with Gasteiger partial charge in [0, 0.05) is 18.4 Å². The standard InChI is InChI=1S/C10H13BrO5S/c1-14-8-4-7(16-6-17(3,12)13)5-9(15-2)10(8)11/h4-5H,6H2,1-3H3. The zero-order chi connectivity index (χ0) is 13.1. The van der Waals surface area contributed by atoms with Crippen LogP contribution in [0, 0.1) is 0 Å². The van der Waals surface area contributed by atoms with Gasteiger partial charge in [0.05, 0.1) is 14.2 Å². The van der Waals surface area contributed by atoms with Gasteiger partial charge in [0.1, 0.15) is 21.7 Å². The summed E-state index contributed by atoms with van der Waals surface area (Å²) in [6.07, 6.45) is 1.10. The van der Waals surface area contributed by atoms with Crippen molar-refractivity contribution in [3.63, 3.8) is 0 Å². The van der Waals surface area contributed by atoms with E-state index in [9.17, 15) is 8.42 Å². The molecule has 1 aromatic carbocycles. The number of hydrogen-bond acceptors (Lipinski definition) is 5. The second-order valence-electron chi connectivity index (χ2n) is 3.33. The summed E-state index contributed by atoms with van der Waals surface area (Å²) in [6.45, 7) is 0. The molecule has 0 saturated heterocycles. The molecule has 0 radical (unpaired) electrons. The first-order valence-electron chi connectivity index (χ1n) is 4.59. The average molecular weight is 325 g/mol. The van der Waals surface area contributed by atoms with Crippen LogP contribution in [0.1, 0.15) is 0 Å². The molecule has 17 heavy (non-hydrogen) atoms. The van der Waals surface area contributed by atoms with E-state index in [4.69, 9.17) is 14.2 Å². The molecule has 0 fully saturated rings. The summed E-state index contributed by atoms with van der Waals surface area (Å²) in [6, 6.07) is 3.16. The van der Waals surface area contributed by atoms with Gasteiger partial charge in [-0.1, -0.05) is 0 Å². The SMILES string of the molecule is COc1cc(OCS(C)(=O)=O)cc(OC)c1Br. The van der Waals surface area contributed by atoms with Gasteiger partial charge in [-0.2, -0.15) is 0 Å². The van der Waals surface area contributed by atoms with Gasteiger partial charge in [0.25, 0.3) is 0 Å². The first-order chi connectivity index (χ1) is 7.87. The van der Waals surface area contributed by atoms with Gasteiger partial charge >= 0.3 is 0 Å². The minimum absolute atomic E-state index is 0.368. The van der Waals surface area contributed by atoms with Gasteiger partial charge in [-0.3, -0.25) is 0 Å². The number of hydrogen-bond donors (Lipinski definition) is 0. The zero-order valence-corrected chi connectivity index (χ0v) is 12.1. The molecule has 0 aliphatic rings. The number of methoxy groups -OCH3 is 2. The molecule has 0 unspecified atom stereocenters. The fourth-order valence-electron chi connectivity index (χ4n) is 1.10. The third-order valence-corrected chi connectivity index (χ3v) is 3.19. The third kappa shape index (κ3) is 4.08. The van der Waals surface area contributed by atoms with Crippen LogP contribution in [-0.4, -0.2) is 34.8 Å². The minimum atomic E-state index is -3.19. The van der Waals surface area contributed by atoms with Crippen LogP contribution in [0.5, 0.6) is 17.2 Å². The molecule has 0 N–H and O–H groups in total. The maximum atomic E-state index is 11.0. The number of rotatable bonds is 5. The normalized spacial score (nSPS) is 11.1. The summed E-state index contributed by atoms with van der Waals surface area (Å²) >= 11 is 3.30. The van der Waals surface area contributed by atoms with Crippen LogP contribution in [-0.2, 0) is 9.84 Å². The molecule has 96 valence electrons. The maximum Gasteiger partial charge on any atom is 0.188 e. The molecule has 0 heterocycles. The average Bonchev–Trinajstić information content (AvgIpc) is 2.26. The molecule has 0 aromatic heterocycles. The Kier molecular flexibility index (Phi) is 4.64. The van der Waals surface area contributed by atoms with Crippen LogP contribution >= 0.6 is 15.9 Å². The van der Waals surface area contributed by atoms with Crippen LogP contribution in [0.2, 0.25) is 0 Å². The molecule has 0 aliphatic carbocycles. The molecular formula is C10H13BrO5S. The van der Waals surface area contributed by atoms with Crippen molar-refractivity contribution in [2.45, 2.75) is 0 Å². The van der Waals surface area contributed by atoms with Crippen molar-refractivity contribution in [1.82, 2.24) is 0 Å². The number of benzene rings is 1. The predicted molar refractivity (Wildman–Crippen MR) is 67.6 cm³/mol. The Morgan fingerprint density at radius 1 is 1.18 bits per heavy atom. The van der Waals surface area contributed by atoms with Gasteiger partial charge in [-0.25, -0.2) is 8.42 Å². The number of sulfone groups is 1. The Morgan fingerprint density at radius 3 is 2.00 bits per heavy atom. The van der Waals surface area contributed by atoms with E-state index >= 15 is 0 Å². The molecule has 1 rings (SSSR count). The summed E-state index contributed by atoms with van der Waals surface area (Å²) in [4.78, 5) is 0. The lowest BCUT2D eigenvalue weighted by atomic mass is 10.3. The highest BCUT2D eigenvalue weighted by atomic mass is 79.9. The highest BCUT2D eigenvalue weighted by Gasteiger charge is 2.12. The van der Waals surface area contributed by atoms with Crippen molar-refractivity contribution in [2.24, 2.45) is 0 Å². The van der Waals surface area contributed by atoms with Crippen molar-refractivity contribution >= 4 is 25.8 Å². The predicted octanol–water partition coefficient (Wildman–Crippen LogP) is 1.85. The summed E-state index contributed by atoms with van der Waals surface area (Å²) in [5.74, 6) is 0.994. The van der Waals surface area contributed by atoms with Crippen LogP contribution in [0.15, 0.2) is 16.6 Å². The molecule has 0 atom stereocenters. The Balaban J connectivity index is 3.01. The van der Waals surface area contributed by atoms with Gasteiger partial charge in [-0.05, 0) is 15.9 Å². The Hall–Kier alpha value is -0.950. The fraction of sp³-hybridized carbons (Fsp3) is 0.400. The lowest BCUT2D eigenvalue weighted by Gasteiger charge is -2.11. The Bertz CT molecular complexity index is 472. The van der Waals surface area contributed by atoms with Crippen LogP contribution in [0.25, 0.3) is 0 Å². The number of ether oxygens (including phenoxy) is 3. The zero-order valence-electron chi connectivity index (χ0n) is 9.69. The first-order valence-corrected chi connectivity index (χ1v) is 7.44. The second kappa shape index (κ2) is 5.59. The molecule has 7 heteroatoms. The maximum absolute atomic E-state index is 11.0. The molecular weight excluding hydrogens is 312 g/mol. The van der Waals surface area contributed by atoms with Crippen LogP contribution < -0.4 is 14.2 Å². The first kappa shape index (κ1) is 14.1. The van der Waals surface area contributed by atoms with Gasteiger partial charge < -0.3 is 14.2 Å². The number of halogens is 1. The lowest BCUT2D eigenvalue weighted by Crippen LogP contribution is -2.09. The Morgan fingerprint density at radius 2 is 1.65 bits per heavy atom. The van der Waals surface area contributed by atoms with Gasteiger partial charge in [-0.15, -0.1) is 0 Å². The van der Waals surface area contributed by atoms with Crippen molar-refractivity contribution in [3.8, 4) is 17.2 Å². The van der Waals surface area contributed by atoms with Crippen LogP contribution in [0.3, 0.4) is 0 Å². The Labute approximate surface area is 109 Å². The van der Waals surface area contributed by atoms with E-state index < -0.39 is 9.84 Å². The molecule has 0 amide bonds. The van der Waals surface area contributed by atoms with Gasteiger partial charge in [0.2, 0.25) is 0 Å². The highest BCUT2D eigenvalue weighted by Crippen LogP contribution is 2.38. The van der Waals surface area contributed by atoms with Crippen molar-refractivity contribution < 1.29 is 22.6 Å². The van der Waals surface area contributed by atoms with E-state index in [0.29, 0.717) is 21.7 Å². The lowest BCUT2D eigenvalue weighted by molar-refractivity contribution is 0.357. The molecule has 5 nitrogen and oxygen atoms in total. The molecule has 0 saturated carbocycles. The van der Waals surface area contributed by atoms with E-state index in [-0.39, 0.29) is 5.94 Å². The quantitative estimate of drug-likeness (QED) is 0.827. The van der Waals surface area contributed by atoms with Crippen molar-refractivity contribution in [1.29, 1.82) is 0 Å². The minimum Gasteiger partial charge on any atom is -0.495 e. The monoisotopic (exact) mass is 324 g/mol. The molecule has 1 aromatic rings. The van der Waals surface area contributed by atoms with E-state index in [2.05, 4.69) is 15.9 Å². The smallest absolute Gasteiger partial charge is 0.188 e. The summed E-state index contributed by atoms with van der Waals surface area (Å²) in [7, 11) is -0.187. The second-order valence-corrected chi connectivity index (χ2v) is 6.21. The van der Waals surface area contributed by atoms with E-state index in [1.54, 1.807) is 12.1 Å².